The number of imide groups is 1. The molecule has 0 radical (unpaired) electrons. The highest BCUT2D eigenvalue weighted by Gasteiger charge is 2.35. The van der Waals surface area contributed by atoms with Crippen molar-refractivity contribution in [3.63, 3.8) is 0 Å². The van der Waals surface area contributed by atoms with E-state index in [4.69, 9.17) is 0 Å². The molecule has 2 atom stereocenters. The molecule has 0 N–H and O–H groups in total. The molecule has 1 aliphatic rings. The Morgan fingerprint density at radius 2 is 1.16 bits per heavy atom. The molecule has 1 heterocycles. The zero-order chi connectivity index (χ0) is 22.7. The molecule has 1 rings (SSSR count). The van der Waals surface area contributed by atoms with E-state index in [2.05, 4.69) is 32.9 Å². The van der Waals surface area contributed by atoms with E-state index in [1.54, 1.807) is 4.90 Å². The first-order valence-corrected chi connectivity index (χ1v) is 13.6. The zero-order valence-corrected chi connectivity index (χ0v) is 21.0. The van der Waals surface area contributed by atoms with Gasteiger partial charge in [0, 0.05) is 12.8 Å². The van der Waals surface area contributed by atoms with Crippen molar-refractivity contribution in [1.82, 2.24) is 4.90 Å². The van der Waals surface area contributed by atoms with Crippen LogP contribution in [0.15, 0.2) is 12.2 Å². The van der Waals surface area contributed by atoms with E-state index in [1.807, 2.05) is 0 Å². The Morgan fingerprint density at radius 3 is 1.65 bits per heavy atom. The minimum Gasteiger partial charge on any atom is -0.275 e. The van der Waals surface area contributed by atoms with Crippen LogP contribution in [0.3, 0.4) is 0 Å². The molecule has 0 bridgehead atoms. The summed E-state index contributed by atoms with van der Waals surface area (Å²) in [4.78, 5) is 26.1. The smallest absolute Gasteiger partial charge is 0.230 e. The first-order chi connectivity index (χ1) is 15.1. The Labute approximate surface area is 193 Å². The van der Waals surface area contributed by atoms with Crippen LogP contribution in [-0.4, -0.2) is 22.8 Å². The Kier molecular flexibility index (Phi) is 16.6. The molecule has 0 saturated carbocycles. The standard InChI is InChI=1S/C28H51NO2/c1-4-6-8-10-11-12-13-14-15-16-17-18-19-21-25(3)26(22-20-9-7-5-2)29-27(30)23-24-28(29)31/h20,22,25-26H,4-19,21,23-24H2,1-3H3/b22-20+. The first kappa shape index (κ1) is 27.9. The molecule has 0 aromatic heterocycles. The lowest BCUT2D eigenvalue weighted by atomic mass is 9.93. The highest BCUT2D eigenvalue weighted by atomic mass is 16.2. The van der Waals surface area contributed by atoms with Gasteiger partial charge in [0.1, 0.15) is 0 Å². The minimum atomic E-state index is -0.0447. The van der Waals surface area contributed by atoms with Gasteiger partial charge in [0.25, 0.3) is 0 Å². The van der Waals surface area contributed by atoms with Gasteiger partial charge in [-0.15, -0.1) is 0 Å². The summed E-state index contributed by atoms with van der Waals surface area (Å²) in [6.07, 6.45) is 27.4. The molecule has 0 aromatic rings. The Bertz CT molecular complexity index is 483. The molecule has 2 amide bonds. The molecular weight excluding hydrogens is 382 g/mol. The topological polar surface area (TPSA) is 37.4 Å². The largest absolute Gasteiger partial charge is 0.275 e. The lowest BCUT2D eigenvalue weighted by molar-refractivity contribution is -0.141. The third-order valence-corrected chi connectivity index (χ3v) is 6.79. The van der Waals surface area contributed by atoms with Gasteiger partial charge in [-0.1, -0.05) is 129 Å². The number of likely N-dealkylation sites (tertiary alicyclic amines) is 1. The quantitative estimate of drug-likeness (QED) is 0.110. The number of nitrogens with zero attached hydrogens (tertiary/aromatic N) is 1. The van der Waals surface area contributed by atoms with E-state index in [1.165, 1.54) is 96.3 Å². The molecule has 180 valence electrons. The molecule has 2 unspecified atom stereocenters. The SMILES string of the molecule is CCCC/C=C/C(C(C)CCCCCCCCCCCCCCC)N1C(=O)CCC1=O. The monoisotopic (exact) mass is 433 g/mol. The summed E-state index contributed by atoms with van der Waals surface area (Å²) in [5.41, 5.74) is 0. The third-order valence-electron chi connectivity index (χ3n) is 6.79. The van der Waals surface area contributed by atoms with Crippen LogP contribution in [0.4, 0.5) is 0 Å². The number of amides is 2. The summed E-state index contributed by atoms with van der Waals surface area (Å²) in [6, 6.07) is -0.0447. The average Bonchev–Trinajstić information content (AvgIpc) is 3.09. The molecule has 1 saturated heterocycles. The maximum Gasteiger partial charge on any atom is 0.230 e. The number of carbonyl (C=O) groups is 2. The molecule has 0 aromatic carbocycles. The Balaban J connectivity index is 2.19. The number of hydrogen-bond donors (Lipinski definition) is 0. The van der Waals surface area contributed by atoms with E-state index < -0.39 is 0 Å². The van der Waals surface area contributed by atoms with Crippen LogP contribution in [0.1, 0.15) is 143 Å². The van der Waals surface area contributed by atoms with Gasteiger partial charge in [0.2, 0.25) is 11.8 Å². The van der Waals surface area contributed by atoms with Crippen molar-refractivity contribution in [2.75, 3.05) is 0 Å². The van der Waals surface area contributed by atoms with Crippen LogP contribution in [0, 0.1) is 5.92 Å². The molecule has 1 fully saturated rings. The van der Waals surface area contributed by atoms with Crippen molar-refractivity contribution < 1.29 is 9.59 Å². The predicted molar refractivity (Wildman–Crippen MR) is 133 cm³/mol. The van der Waals surface area contributed by atoms with Gasteiger partial charge in [0.15, 0.2) is 0 Å². The molecule has 3 nitrogen and oxygen atoms in total. The van der Waals surface area contributed by atoms with Crippen LogP contribution < -0.4 is 0 Å². The third kappa shape index (κ3) is 12.5. The number of rotatable bonds is 20. The molecular formula is C28H51NO2. The Morgan fingerprint density at radius 1 is 0.710 bits per heavy atom. The number of allylic oxidation sites excluding steroid dienone is 1. The summed E-state index contributed by atoms with van der Waals surface area (Å²) in [5, 5.41) is 0. The summed E-state index contributed by atoms with van der Waals surface area (Å²) in [5.74, 6) is 0.385. The van der Waals surface area contributed by atoms with Crippen molar-refractivity contribution in [3.05, 3.63) is 12.2 Å². The van der Waals surface area contributed by atoms with Crippen LogP contribution in [-0.2, 0) is 9.59 Å². The van der Waals surface area contributed by atoms with Crippen molar-refractivity contribution in [2.45, 2.75) is 149 Å². The second kappa shape index (κ2) is 18.5. The first-order valence-electron chi connectivity index (χ1n) is 13.6. The van der Waals surface area contributed by atoms with E-state index >= 15 is 0 Å². The van der Waals surface area contributed by atoms with Gasteiger partial charge >= 0.3 is 0 Å². The van der Waals surface area contributed by atoms with Gasteiger partial charge in [-0.05, 0) is 18.8 Å². The van der Waals surface area contributed by atoms with E-state index in [9.17, 15) is 9.59 Å². The molecule has 3 heteroatoms. The van der Waals surface area contributed by atoms with Crippen molar-refractivity contribution in [1.29, 1.82) is 0 Å². The van der Waals surface area contributed by atoms with Crippen LogP contribution in [0.25, 0.3) is 0 Å². The second-order valence-electron chi connectivity index (χ2n) is 9.73. The summed E-state index contributed by atoms with van der Waals surface area (Å²) in [7, 11) is 0. The molecule has 0 spiro atoms. The van der Waals surface area contributed by atoms with E-state index in [0.717, 1.165) is 12.8 Å². The highest BCUT2D eigenvalue weighted by molar-refractivity contribution is 6.02. The van der Waals surface area contributed by atoms with Crippen molar-refractivity contribution in [2.24, 2.45) is 5.92 Å². The number of unbranched alkanes of at least 4 members (excludes halogenated alkanes) is 14. The zero-order valence-electron chi connectivity index (χ0n) is 21.0. The number of carbonyl (C=O) groups excluding carboxylic acids is 2. The van der Waals surface area contributed by atoms with Crippen LogP contribution in [0.2, 0.25) is 0 Å². The normalized spacial score (nSPS) is 16.5. The summed E-state index contributed by atoms with van der Waals surface area (Å²) >= 11 is 0. The van der Waals surface area contributed by atoms with Crippen LogP contribution >= 0.6 is 0 Å². The van der Waals surface area contributed by atoms with Gasteiger partial charge in [-0.25, -0.2) is 0 Å². The van der Waals surface area contributed by atoms with Gasteiger partial charge in [0.05, 0.1) is 6.04 Å². The number of hydrogen-bond acceptors (Lipinski definition) is 2. The van der Waals surface area contributed by atoms with Crippen molar-refractivity contribution in [3.8, 4) is 0 Å². The van der Waals surface area contributed by atoms with Gasteiger partial charge in [-0.2, -0.15) is 0 Å². The van der Waals surface area contributed by atoms with Crippen LogP contribution in [0.5, 0.6) is 0 Å². The van der Waals surface area contributed by atoms with Crippen molar-refractivity contribution >= 4 is 11.8 Å². The second-order valence-corrected chi connectivity index (χ2v) is 9.73. The summed E-state index contributed by atoms with van der Waals surface area (Å²) < 4.78 is 0. The fourth-order valence-electron chi connectivity index (χ4n) is 4.67. The Hall–Kier alpha value is -1.12. The maximum atomic E-state index is 12.3. The predicted octanol–water partition coefficient (Wildman–Crippen LogP) is 8.37. The highest BCUT2D eigenvalue weighted by Crippen LogP contribution is 2.25. The lowest BCUT2D eigenvalue weighted by Crippen LogP contribution is -2.42. The van der Waals surface area contributed by atoms with Gasteiger partial charge < -0.3 is 0 Å². The van der Waals surface area contributed by atoms with E-state index in [-0.39, 0.29) is 17.9 Å². The molecule has 31 heavy (non-hydrogen) atoms. The molecule has 1 aliphatic heterocycles. The molecule has 0 aliphatic carbocycles. The van der Waals surface area contributed by atoms with E-state index in [0.29, 0.717) is 18.8 Å². The average molecular weight is 434 g/mol. The maximum absolute atomic E-state index is 12.3. The fraction of sp³-hybridized carbons (Fsp3) is 0.857. The lowest BCUT2D eigenvalue weighted by Gasteiger charge is -2.29. The summed E-state index contributed by atoms with van der Waals surface area (Å²) in [6.45, 7) is 6.68. The van der Waals surface area contributed by atoms with Gasteiger partial charge in [-0.3, -0.25) is 14.5 Å². The fourth-order valence-corrected chi connectivity index (χ4v) is 4.67. The minimum absolute atomic E-state index is 0.0207.